The van der Waals surface area contributed by atoms with Crippen molar-refractivity contribution in [3.63, 3.8) is 0 Å². The lowest BCUT2D eigenvalue weighted by Crippen LogP contribution is -2.49. The van der Waals surface area contributed by atoms with Crippen LogP contribution in [-0.2, 0) is 9.53 Å². The van der Waals surface area contributed by atoms with Gasteiger partial charge in [-0.15, -0.1) is 0 Å². The Hall–Kier alpha value is -2.72. The number of anilines is 2. The summed E-state index contributed by atoms with van der Waals surface area (Å²) in [7, 11) is 0. The highest BCUT2D eigenvalue weighted by molar-refractivity contribution is 7.99. The Morgan fingerprint density at radius 2 is 1.90 bits per heavy atom. The van der Waals surface area contributed by atoms with Crippen LogP contribution in [-0.4, -0.2) is 66.8 Å². The minimum Gasteiger partial charge on any atom is -0.462 e. The molecule has 3 rings (SSSR count). The van der Waals surface area contributed by atoms with E-state index in [1.807, 2.05) is 4.90 Å². The molecule has 2 aromatic rings. The number of nitrogens with one attached hydrogen (secondary N) is 1. The van der Waals surface area contributed by atoms with Crippen molar-refractivity contribution in [1.29, 1.82) is 0 Å². The van der Waals surface area contributed by atoms with Gasteiger partial charge in [0.05, 0.1) is 24.4 Å². The first-order valence-electron chi connectivity index (χ1n) is 9.90. The van der Waals surface area contributed by atoms with Crippen molar-refractivity contribution in [1.82, 2.24) is 9.88 Å². The molecule has 10 heteroatoms. The van der Waals surface area contributed by atoms with E-state index >= 15 is 0 Å². The molecular formula is C21H24F2N4O3S. The first-order valence-corrected chi connectivity index (χ1v) is 10.8. The largest absolute Gasteiger partial charge is 0.462 e. The zero-order valence-electron chi connectivity index (χ0n) is 17.1. The maximum atomic E-state index is 12.7. The number of rotatable bonds is 8. The Labute approximate surface area is 183 Å². The number of pyridine rings is 1. The van der Waals surface area contributed by atoms with Crippen LogP contribution < -0.4 is 10.2 Å². The van der Waals surface area contributed by atoms with Gasteiger partial charge >= 0.3 is 5.97 Å². The maximum Gasteiger partial charge on any atom is 0.339 e. The van der Waals surface area contributed by atoms with Gasteiger partial charge in [-0.25, -0.2) is 9.78 Å². The van der Waals surface area contributed by atoms with Gasteiger partial charge in [0, 0.05) is 37.3 Å². The highest BCUT2D eigenvalue weighted by Gasteiger charge is 2.21. The normalized spacial score (nSPS) is 14.5. The van der Waals surface area contributed by atoms with Crippen LogP contribution in [0.2, 0.25) is 0 Å². The number of nitrogens with zero attached hydrogens (tertiary/aromatic N) is 3. The Morgan fingerprint density at radius 1 is 1.16 bits per heavy atom. The fourth-order valence-corrected chi connectivity index (χ4v) is 3.80. The van der Waals surface area contributed by atoms with Crippen molar-refractivity contribution in [3.05, 3.63) is 48.2 Å². The lowest BCUT2D eigenvalue weighted by molar-refractivity contribution is -0.117. The molecule has 0 atom stereocenters. The van der Waals surface area contributed by atoms with E-state index in [-0.39, 0.29) is 12.5 Å². The fourth-order valence-electron chi connectivity index (χ4n) is 3.20. The second-order valence-corrected chi connectivity index (χ2v) is 7.84. The second-order valence-electron chi connectivity index (χ2n) is 6.81. The van der Waals surface area contributed by atoms with Crippen molar-refractivity contribution in [2.75, 3.05) is 49.5 Å². The molecule has 0 saturated carbocycles. The number of thioether (sulfide) groups is 1. The summed E-state index contributed by atoms with van der Waals surface area (Å²) < 4.78 is 30.3. The summed E-state index contributed by atoms with van der Waals surface area (Å²) in [5, 5.41) is 2.73. The van der Waals surface area contributed by atoms with Crippen LogP contribution in [0.1, 0.15) is 17.3 Å². The summed E-state index contributed by atoms with van der Waals surface area (Å²) in [6.07, 6.45) is 1.50. The molecule has 1 aliphatic rings. The molecule has 31 heavy (non-hydrogen) atoms. The van der Waals surface area contributed by atoms with Crippen LogP contribution in [0.5, 0.6) is 0 Å². The third-order valence-electron chi connectivity index (χ3n) is 4.70. The average molecular weight is 451 g/mol. The molecule has 0 spiro atoms. The number of esters is 1. The molecule has 1 fully saturated rings. The summed E-state index contributed by atoms with van der Waals surface area (Å²) in [5.41, 5.74) is 0.800. The summed E-state index contributed by atoms with van der Waals surface area (Å²) in [5.74, 6) is -2.43. The number of para-hydroxylation sites is 1. The number of ether oxygens (including phenoxy) is 1. The van der Waals surface area contributed by atoms with Crippen molar-refractivity contribution < 1.29 is 23.1 Å². The Balaban J connectivity index is 1.49. The molecule has 166 valence electrons. The molecule has 1 saturated heterocycles. The summed E-state index contributed by atoms with van der Waals surface area (Å²) in [6.45, 7) is 4.90. The van der Waals surface area contributed by atoms with E-state index in [0.717, 1.165) is 5.82 Å². The smallest absolute Gasteiger partial charge is 0.339 e. The monoisotopic (exact) mass is 450 g/mol. The first kappa shape index (κ1) is 23.0. The van der Waals surface area contributed by atoms with E-state index in [2.05, 4.69) is 15.2 Å². The van der Waals surface area contributed by atoms with E-state index < -0.39 is 11.7 Å². The number of hydrogen-bond acceptors (Lipinski definition) is 7. The predicted molar refractivity (Wildman–Crippen MR) is 116 cm³/mol. The van der Waals surface area contributed by atoms with Gasteiger partial charge in [0.15, 0.2) is 0 Å². The maximum absolute atomic E-state index is 12.7. The van der Waals surface area contributed by atoms with Crippen LogP contribution in [0.25, 0.3) is 0 Å². The van der Waals surface area contributed by atoms with Gasteiger partial charge in [-0.05, 0) is 31.2 Å². The second kappa shape index (κ2) is 11.1. The Bertz CT molecular complexity index is 890. The number of hydrogen-bond donors (Lipinski definition) is 1. The number of alkyl halides is 2. The van der Waals surface area contributed by atoms with Gasteiger partial charge in [0.2, 0.25) is 5.91 Å². The van der Waals surface area contributed by atoms with Gasteiger partial charge in [0.25, 0.3) is 5.76 Å². The molecule has 1 aliphatic heterocycles. The van der Waals surface area contributed by atoms with Crippen molar-refractivity contribution >= 4 is 35.1 Å². The molecule has 1 N–H and O–H groups in total. The lowest BCUT2D eigenvalue weighted by Gasteiger charge is -2.35. The summed E-state index contributed by atoms with van der Waals surface area (Å²) >= 11 is 0.412. The van der Waals surface area contributed by atoms with Crippen LogP contribution in [0, 0.1) is 0 Å². The van der Waals surface area contributed by atoms with E-state index in [1.165, 1.54) is 6.20 Å². The standard InChI is InChI=1S/C21H24F2N4O3S/c1-2-30-20(29)15-7-8-18(24-13-15)27-11-9-26(10-12-27)14-19(28)25-16-5-3-4-6-17(16)31-21(22)23/h3-8,13,21H,2,9-12,14H2,1H3,(H,25,28). The number of aromatic nitrogens is 1. The van der Waals surface area contributed by atoms with E-state index in [4.69, 9.17) is 4.74 Å². The lowest BCUT2D eigenvalue weighted by atomic mass is 10.2. The fraction of sp³-hybridized carbons (Fsp3) is 0.381. The van der Waals surface area contributed by atoms with Crippen LogP contribution in [0.3, 0.4) is 0 Å². The molecule has 1 aromatic carbocycles. The molecule has 0 bridgehead atoms. The number of carbonyl (C=O) groups is 2. The molecule has 7 nitrogen and oxygen atoms in total. The number of amides is 1. The van der Waals surface area contributed by atoms with Crippen LogP contribution in [0.15, 0.2) is 47.5 Å². The molecule has 1 amide bonds. The molecule has 0 unspecified atom stereocenters. The average Bonchev–Trinajstić information content (AvgIpc) is 2.75. The van der Waals surface area contributed by atoms with E-state index in [1.54, 1.807) is 43.3 Å². The SMILES string of the molecule is CCOC(=O)c1ccc(N2CCN(CC(=O)Nc3ccccc3SC(F)F)CC2)nc1. The number of benzene rings is 1. The van der Waals surface area contributed by atoms with E-state index in [0.29, 0.717) is 60.7 Å². The third-order valence-corrected chi connectivity index (χ3v) is 5.49. The zero-order chi connectivity index (χ0) is 22.2. The van der Waals surface area contributed by atoms with Crippen molar-refractivity contribution in [2.24, 2.45) is 0 Å². The van der Waals surface area contributed by atoms with Crippen LogP contribution >= 0.6 is 11.8 Å². The Morgan fingerprint density at radius 3 is 2.55 bits per heavy atom. The molecule has 2 heterocycles. The van der Waals surface area contributed by atoms with Gasteiger partial charge < -0.3 is 15.0 Å². The first-order chi connectivity index (χ1) is 15.0. The highest BCUT2D eigenvalue weighted by atomic mass is 32.2. The summed E-state index contributed by atoms with van der Waals surface area (Å²) in [6, 6.07) is 10.0. The van der Waals surface area contributed by atoms with Gasteiger partial charge in [-0.3, -0.25) is 9.69 Å². The number of halogens is 2. The highest BCUT2D eigenvalue weighted by Crippen LogP contribution is 2.31. The molecule has 1 aromatic heterocycles. The molecule has 0 radical (unpaired) electrons. The summed E-state index contributed by atoms with van der Waals surface area (Å²) in [4.78, 5) is 32.9. The minimum atomic E-state index is -2.55. The van der Waals surface area contributed by atoms with Crippen LogP contribution in [0.4, 0.5) is 20.3 Å². The molecule has 0 aliphatic carbocycles. The van der Waals surface area contributed by atoms with E-state index in [9.17, 15) is 18.4 Å². The third kappa shape index (κ3) is 6.63. The number of piperazine rings is 1. The predicted octanol–water partition coefficient (Wildman–Crippen LogP) is 3.33. The van der Waals surface area contributed by atoms with Gasteiger partial charge in [-0.1, -0.05) is 23.9 Å². The van der Waals surface area contributed by atoms with Crippen molar-refractivity contribution in [3.8, 4) is 0 Å². The van der Waals surface area contributed by atoms with Gasteiger partial charge in [0.1, 0.15) is 5.82 Å². The van der Waals surface area contributed by atoms with Crippen molar-refractivity contribution in [2.45, 2.75) is 17.6 Å². The topological polar surface area (TPSA) is 74.8 Å². The van der Waals surface area contributed by atoms with Gasteiger partial charge in [-0.2, -0.15) is 8.78 Å². The Kier molecular flexibility index (Phi) is 8.19. The number of carbonyl (C=O) groups excluding carboxylic acids is 2. The zero-order valence-corrected chi connectivity index (χ0v) is 17.9. The molecular weight excluding hydrogens is 426 g/mol. The quantitative estimate of drug-likeness (QED) is 0.488. The minimum absolute atomic E-state index is 0.177.